The zero-order valence-electron chi connectivity index (χ0n) is 16.9. The molecule has 0 spiro atoms. The van der Waals surface area contributed by atoms with Gasteiger partial charge in [-0.3, -0.25) is 4.79 Å². The summed E-state index contributed by atoms with van der Waals surface area (Å²) < 4.78 is 5.98. The van der Waals surface area contributed by atoms with Crippen molar-refractivity contribution in [2.75, 3.05) is 32.7 Å². The van der Waals surface area contributed by atoms with Crippen LogP contribution in [-0.2, 0) is 6.42 Å². The highest BCUT2D eigenvalue weighted by atomic mass is 35.5. The van der Waals surface area contributed by atoms with Crippen molar-refractivity contribution in [2.45, 2.75) is 31.4 Å². The van der Waals surface area contributed by atoms with Gasteiger partial charge in [0.05, 0.1) is 10.0 Å². The number of benzene rings is 2. The number of halogens is 2. The molecule has 2 saturated heterocycles. The van der Waals surface area contributed by atoms with Gasteiger partial charge in [-0.05, 0) is 61.7 Å². The number of ether oxygens (including phenoxy) is 1. The molecule has 4 rings (SSSR count). The van der Waals surface area contributed by atoms with Gasteiger partial charge in [-0.1, -0.05) is 35.3 Å². The molecule has 0 aliphatic carbocycles. The van der Waals surface area contributed by atoms with Crippen molar-refractivity contribution in [2.24, 2.45) is 0 Å². The van der Waals surface area contributed by atoms with Crippen LogP contribution in [0.4, 0.5) is 0 Å². The summed E-state index contributed by atoms with van der Waals surface area (Å²) in [6.45, 7) is 4.80. The molecule has 30 heavy (non-hydrogen) atoms. The molecular weight excluding hydrogens is 421 g/mol. The minimum Gasteiger partial charge on any atom is -0.489 e. The Balaban J connectivity index is 1.21. The second kappa shape index (κ2) is 10.0. The van der Waals surface area contributed by atoms with Crippen LogP contribution in [0.2, 0.25) is 10.0 Å². The van der Waals surface area contributed by atoms with Crippen molar-refractivity contribution in [3.63, 3.8) is 0 Å². The summed E-state index contributed by atoms with van der Waals surface area (Å²) in [6, 6.07) is 13.6. The van der Waals surface area contributed by atoms with Crippen LogP contribution in [-0.4, -0.2) is 55.7 Å². The lowest BCUT2D eigenvalue weighted by Crippen LogP contribution is -2.37. The van der Waals surface area contributed by atoms with Gasteiger partial charge in [0.25, 0.3) is 5.91 Å². The summed E-state index contributed by atoms with van der Waals surface area (Å²) >= 11 is 11.9. The van der Waals surface area contributed by atoms with Crippen LogP contribution in [0.25, 0.3) is 0 Å². The first-order valence-corrected chi connectivity index (χ1v) is 11.3. The van der Waals surface area contributed by atoms with Gasteiger partial charge in [-0.2, -0.15) is 0 Å². The van der Waals surface area contributed by atoms with Gasteiger partial charge >= 0.3 is 0 Å². The van der Waals surface area contributed by atoms with E-state index < -0.39 is 0 Å². The zero-order chi connectivity index (χ0) is 20.9. The molecule has 0 aromatic heterocycles. The van der Waals surface area contributed by atoms with Crippen LogP contribution in [0.3, 0.4) is 0 Å². The van der Waals surface area contributed by atoms with Crippen molar-refractivity contribution in [1.29, 1.82) is 0 Å². The van der Waals surface area contributed by atoms with Crippen molar-refractivity contribution < 1.29 is 9.53 Å². The maximum Gasteiger partial charge on any atom is 0.251 e. The van der Waals surface area contributed by atoms with Gasteiger partial charge in [0.15, 0.2) is 0 Å². The van der Waals surface area contributed by atoms with E-state index >= 15 is 0 Å². The third-order valence-electron chi connectivity index (χ3n) is 5.75. The maximum absolute atomic E-state index is 12.5. The van der Waals surface area contributed by atoms with Gasteiger partial charge in [-0.15, -0.1) is 0 Å². The molecule has 2 heterocycles. The molecular formula is C23H27Cl2N3O2. The zero-order valence-corrected chi connectivity index (χ0v) is 18.4. The van der Waals surface area contributed by atoms with Gasteiger partial charge in [0.2, 0.25) is 0 Å². The van der Waals surface area contributed by atoms with Crippen LogP contribution in [0.5, 0.6) is 5.75 Å². The summed E-state index contributed by atoms with van der Waals surface area (Å²) in [5.41, 5.74) is 1.84. The second-order valence-electron chi connectivity index (χ2n) is 8.02. The highest BCUT2D eigenvalue weighted by Gasteiger charge is 2.24. The number of hydrogen-bond donors (Lipinski definition) is 2. The Morgan fingerprint density at radius 2 is 1.97 bits per heavy atom. The van der Waals surface area contributed by atoms with Crippen LogP contribution in [0.15, 0.2) is 42.5 Å². The van der Waals surface area contributed by atoms with E-state index in [-0.39, 0.29) is 18.1 Å². The monoisotopic (exact) mass is 447 g/mol. The Hall–Kier alpha value is -1.79. The normalized spacial score (nSPS) is 21.7. The molecule has 2 aromatic carbocycles. The molecule has 2 aliphatic heterocycles. The summed E-state index contributed by atoms with van der Waals surface area (Å²) in [6.07, 6.45) is 3.30. The Bertz CT molecular complexity index is 869. The van der Waals surface area contributed by atoms with Crippen LogP contribution >= 0.6 is 23.2 Å². The molecule has 2 fully saturated rings. The molecule has 0 unspecified atom stereocenters. The van der Waals surface area contributed by atoms with Crippen LogP contribution in [0, 0.1) is 0 Å². The standard InChI is InChI=1S/C23H27Cl2N3O2/c24-21-6-3-17(13-22(21)25)23(29)27-18-9-12-28(15-18)11-8-16-1-4-19(5-2-16)30-20-7-10-26-14-20/h1-6,13,18,20,26H,7-12,14-15H2,(H,27,29)/t18-,20-/m0/s1. The van der Waals surface area contributed by atoms with E-state index in [0.29, 0.717) is 15.6 Å². The highest BCUT2D eigenvalue weighted by molar-refractivity contribution is 6.42. The van der Waals surface area contributed by atoms with E-state index in [1.54, 1.807) is 18.2 Å². The maximum atomic E-state index is 12.5. The molecule has 0 radical (unpaired) electrons. The largest absolute Gasteiger partial charge is 0.489 e. The average Bonchev–Trinajstić information content (AvgIpc) is 3.41. The number of amides is 1. The average molecular weight is 448 g/mol. The fourth-order valence-electron chi connectivity index (χ4n) is 4.00. The SMILES string of the molecule is O=C(N[C@H]1CCN(CCc2ccc(O[C@H]3CCNC3)cc2)C1)c1ccc(Cl)c(Cl)c1. The first-order chi connectivity index (χ1) is 14.6. The summed E-state index contributed by atoms with van der Waals surface area (Å²) in [4.78, 5) is 14.9. The molecule has 7 heteroatoms. The highest BCUT2D eigenvalue weighted by Crippen LogP contribution is 2.23. The Morgan fingerprint density at radius 1 is 1.13 bits per heavy atom. The molecule has 2 atom stereocenters. The van der Waals surface area contributed by atoms with Gasteiger partial charge < -0.3 is 20.3 Å². The topological polar surface area (TPSA) is 53.6 Å². The van der Waals surface area contributed by atoms with E-state index in [0.717, 1.165) is 57.7 Å². The first-order valence-electron chi connectivity index (χ1n) is 10.5. The number of carbonyl (C=O) groups excluding carboxylic acids is 1. The lowest BCUT2D eigenvalue weighted by Gasteiger charge is -2.17. The van der Waals surface area contributed by atoms with Crippen molar-refractivity contribution >= 4 is 29.1 Å². The molecule has 0 saturated carbocycles. The van der Waals surface area contributed by atoms with Crippen LogP contribution in [0.1, 0.15) is 28.8 Å². The third-order valence-corrected chi connectivity index (χ3v) is 6.49. The van der Waals surface area contributed by atoms with Crippen molar-refractivity contribution in [3.05, 3.63) is 63.6 Å². The smallest absolute Gasteiger partial charge is 0.251 e. The summed E-state index contributed by atoms with van der Waals surface area (Å²) in [7, 11) is 0. The Labute approximate surface area is 187 Å². The predicted octanol–water partition coefficient (Wildman–Crippen LogP) is 3.78. The second-order valence-corrected chi connectivity index (χ2v) is 8.83. The number of nitrogens with zero attached hydrogens (tertiary/aromatic N) is 1. The molecule has 0 bridgehead atoms. The summed E-state index contributed by atoms with van der Waals surface area (Å²) in [5, 5.41) is 7.28. The van der Waals surface area contributed by atoms with E-state index in [1.807, 2.05) is 0 Å². The minimum atomic E-state index is -0.103. The van der Waals surface area contributed by atoms with Gasteiger partial charge in [0.1, 0.15) is 11.9 Å². The van der Waals surface area contributed by atoms with E-state index in [2.05, 4.69) is 39.8 Å². The Morgan fingerprint density at radius 3 is 2.70 bits per heavy atom. The van der Waals surface area contributed by atoms with E-state index in [1.165, 1.54) is 5.56 Å². The number of likely N-dealkylation sites (tertiary alicyclic amines) is 1. The lowest BCUT2D eigenvalue weighted by molar-refractivity contribution is 0.0938. The molecule has 2 aliphatic rings. The molecule has 1 amide bonds. The fourth-order valence-corrected chi connectivity index (χ4v) is 4.30. The Kier molecular flexibility index (Phi) is 7.16. The van der Waals surface area contributed by atoms with Crippen molar-refractivity contribution in [3.8, 4) is 5.75 Å². The van der Waals surface area contributed by atoms with Gasteiger partial charge in [-0.25, -0.2) is 0 Å². The van der Waals surface area contributed by atoms with E-state index in [4.69, 9.17) is 27.9 Å². The molecule has 2 aromatic rings. The first kappa shape index (κ1) is 21.4. The molecule has 5 nitrogen and oxygen atoms in total. The van der Waals surface area contributed by atoms with E-state index in [9.17, 15) is 4.79 Å². The van der Waals surface area contributed by atoms with Gasteiger partial charge in [0, 0.05) is 37.8 Å². The lowest BCUT2D eigenvalue weighted by atomic mass is 10.1. The fraction of sp³-hybridized carbons (Fsp3) is 0.435. The third kappa shape index (κ3) is 5.67. The van der Waals surface area contributed by atoms with Crippen molar-refractivity contribution in [1.82, 2.24) is 15.5 Å². The quantitative estimate of drug-likeness (QED) is 0.677. The number of hydrogen-bond acceptors (Lipinski definition) is 4. The molecule has 160 valence electrons. The number of carbonyl (C=O) groups is 1. The number of rotatable bonds is 7. The summed E-state index contributed by atoms with van der Waals surface area (Å²) in [5.74, 6) is 0.840. The molecule has 2 N–H and O–H groups in total. The van der Waals surface area contributed by atoms with Crippen LogP contribution < -0.4 is 15.4 Å². The predicted molar refractivity (Wildman–Crippen MR) is 121 cm³/mol. The number of nitrogens with one attached hydrogen (secondary N) is 2. The minimum absolute atomic E-state index is 0.103.